The van der Waals surface area contributed by atoms with Gasteiger partial charge in [0.25, 0.3) is 0 Å². The van der Waals surface area contributed by atoms with Crippen LogP contribution >= 0.6 is 24.8 Å². The standard InChI is InChI=1S/C8H10N2S2/c1-6-2-4-7(5-3-6)9-10-8(11)12/h2-5,9H,1H3,(H2,10,11,12). The van der Waals surface area contributed by atoms with Gasteiger partial charge in [-0.05, 0) is 19.1 Å². The molecule has 64 valence electrons. The van der Waals surface area contributed by atoms with E-state index < -0.39 is 0 Å². The van der Waals surface area contributed by atoms with Gasteiger partial charge in [-0.2, -0.15) is 0 Å². The molecule has 1 aromatic carbocycles. The molecule has 0 fully saturated rings. The van der Waals surface area contributed by atoms with Gasteiger partial charge in [0.1, 0.15) is 4.32 Å². The Morgan fingerprint density at radius 1 is 1.33 bits per heavy atom. The number of hydrazine groups is 1. The molecule has 0 unspecified atom stereocenters. The van der Waals surface area contributed by atoms with Crippen molar-refractivity contribution in [2.45, 2.75) is 6.92 Å². The molecular formula is C8H10N2S2. The van der Waals surface area contributed by atoms with E-state index in [-0.39, 0.29) is 0 Å². The van der Waals surface area contributed by atoms with Crippen molar-refractivity contribution in [2.75, 3.05) is 5.43 Å². The van der Waals surface area contributed by atoms with Crippen molar-refractivity contribution in [3.8, 4) is 0 Å². The lowest BCUT2D eigenvalue weighted by Crippen LogP contribution is -2.23. The van der Waals surface area contributed by atoms with Crippen LogP contribution in [-0.2, 0) is 0 Å². The number of hydrogen-bond donors (Lipinski definition) is 3. The average molecular weight is 198 g/mol. The second kappa shape index (κ2) is 4.33. The van der Waals surface area contributed by atoms with E-state index in [1.807, 2.05) is 31.2 Å². The van der Waals surface area contributed by atoms with Gasteiger partial charge in [-0.25, -0.2) is 0 Å². The highest BCUT2D eigenvalue weighted by atomic mass is 32.1. The van der Waals surface area contributed by atoms with Gasteiger partial charge in [0, 0.05) is 0 Å². The summed E-state index contributed by atoms with van der Waals surface area (Å²) in [5.41, 5.74) is 7.83. The Bertz CT molecular complexity index is 269. The molecule has 0 aromatic heterocycles. The maximum absolute atomic E-state index is 4.71. The van der Waals surface area contributed by atoms with E-state index in [9.17, 15) is 0 Å². The minimum Gasteiger partial charge on any atom is -0.300 e. The zero-order valence-electron chi connectivity index (χ0n) is 6.66. The molecule has 0 amide bonds. The first-order valence-corrected chi connectivity index (χ1v) is 4.35. The maximum Gasteiger partial charge on any atom is 0.149 e. The Labute approximate surface area is 82.7 Å². The molecule has 0 spiro atoms. The molecule has 0 bridgehead atoms. The predicted octanol–water partition coefficient (Wildman–Crippen LogP) is 2.13. The van der Waals surface area contributed by atoms with Crippen molar-refractivity contribution >= 4 is 34.9 Å². The normalized spacial score (nSPS) is 9.17. The van der Waals surface area contributed by atoms with Gasteiger partial charge >= 0.3 is 0 Å². The first-order valence-electron chi connectivity index (χ1n) is 3.50. The Hall–Kier alpha value is -0.740. The zero-order valence-corrected chi connectivity index (χ0v) is 8.38. The number of nitrogens with one attached hydrogen (secondary N) is 2. The van der Waals surface area contributed by atoms with Crippen molar-refractivity contribution < 1.29 is 0 Å². The van der Waals surface area contributed by atoms with Crippen LogP contribution in [0.2, 0.25) is 0 Å². The lowest BCUT2D eigenvalue weighted by atomic mass is 10.2. The number of thiol groups is 1. The number of benzene rings is 1. The van der Waals surface area contributed by atoms with E-state index in [2.05, 4.69) is 23.5 Å². The lowest BCUT2D eigenvalue weighted by Gasteiger charge is -2.06. The number of rotatable bonds is 2. The second-order valence-electron chi connectivity index (χ2n) is 2.42. The molecule has 0 aliphatic heterocycles. The van der Waals surface area contributed by atoms with Crippen LogP contribution in [0.1, 0.15) is 5.56 Å². The molecule has 0 heterocycles. The van der Waals surface area contributed by atoms with Gasteiger partial charge in [-0.1, -0.05) is 29.9 Å². The molecule has 0 saturated heterocycles. The third-order valence-corrected chi connectivity index (χ3v) is 1.58. The second-order valence-corrected chi connectivity index (χ2v) is 3.58. The lowest BCUT2D eigenvalue weighted by molar-refractivity contribution is 1.16. The van der Waals surface area contributed by atoms with Crippen LogP contribution in [0.4, 0.5) is 5.69 Å². The van der Waals surface area contributed by atoms with Gasteiger partial charge in [0.05, 0.1) is 5.69 Å². The van der Waals surface area contributed by atoms with E-state index in [4.69, 9.17) is 12.2 Å². The molecule has 2 N–H and O–H groups in total. The molecule has 2 nitrogen and oxygen atoms in total. The topological polar surface area (TPSA) is 24.1 Å². The summed E-state index contributed by atoms with van der Waals surface area (Å²) < 4.78 is 0.426. The summed E-state index contributed by atoms with van der Waals surface area (Å²) in [6.07, 6.45) is 0. The first-order chi connectivity index (χ1) is 5.68. The van der Waals surface area contributed by atoms with Crippen molar-refractivity contribution in [1.29, 1.82) is 0 Å². The Morgan fingerprint density at radius 2 is 1.92 bits per heavy atom. The molecule has 0 aliphatic carbocycles. The summed E-state index contributed by atoms with van der Waals surface area (Å²) in [4.78, 5) is 0. The molecule has 4 heteroatoms. The Morgan fingerprint density at radius 3 is 2.42 bits per heavy atom. The van der Waals surface area contributed by atoms with Crippen molar-refractivity contribution in [1.82, 2.24) is 5.43 Å². The maximum atomic E-state index is 4.71. The summed E-state index contributed by atoms with van der Waals surface area (Å²) in [5, 5.41) is 0. The first kappa shape index (κ1) is 9.35. The molecule has 1 aromatic rings. The van der Waals surface area contributed by atoms with Crippen LogP contribution in [0.3, 0.4) is 0 Å². The van der Waals surface area contributed by atoms with E-state index in [0.29, 0.717) is 4.32 Å². The molecule has 0 atom stereocenters. The fourth-order valence-electron chi connectivity index (χ4n) is 0.763. The monoisotopic (exact) mass is 198 g/mol. The predicted molar refractivity (Wildman–Crippen MR) is 59.5 cm³/mol. The van der Waals surface area contributed by atoms with Gasteiger partial charge in [0.2, 0.25) is 0 Å². The molecular weight excluding hydrogens is 188 g/mol. The van der Waals surface area contributed by atoms with Gasteiger partial charge < -0.3 is 0 Å². The molecule has 1 rings (SSSR count). The third-order valence-electron chi connectivity index (χ3n) is 1.37. The minimum atomic E-state index is 0.426. The van der Waals surface area contributed by atoms with Gasteiger partial charge in [-0.3, -0.25) is 10.9 Å². The number of aryl methyl sites for hydroxylation is 1. The number of anilines is 1. The minimum absolute atomic E-state index is 0.426. The van der Waals surface area contributed by atoms with E-state index in [0.717, 1.165) is 5.69 Å². The summed E-state index contributed by atoms with van der Waals surface area (Å²) in [6, 6.07) is 7.97. The van der Waals surface area contributed by atoms with E-state index in [1.54, 1.807) is 0 Å². The smallest absolute Gasteiger partial charge is 0.149 e. The number of thiocarbonyl (C=S) groups is 1. The van der Waals surface area contributed by atoms with Crippen molar-refractivity contribution in [2.24, 2.45) is 0 Å². The Balaban J connectivity index is 2.53. The van der Waals surface area contributed by atoms with Crippen molar-refractivity contribution in [3.63, 3.8) is 0 Å². The summed E-state index contributed by atoms with van der Waals surface area (Å²) in [5.74, 6) is 0. The highest BCUT2D eigenvalue weighted by Crippen LogP contribution is 2.06. The van der Waals surface area contributed by atoms with Crippen LogP contribution < -0.4 is 10.9 Å². The largest absolute Gasteiger partial charge is 0.300 e. The van der Waals surface area contributed by atoms with Gasteiger partial charge in [-0.15, -0.1) is 12.6 Å². The quantitative estimate of drug-likeness (QED) is 0.385. The van der Waals surface area contributed by atoms with Crippen LogP contribution in [0.15, 0.2) is 24.3 Å². The summed E-state index contributed by atoms with van der Waals surface area (Å²) in [7, 11) is 0. The SMILES string of the molecule is Cc1ccc(NNC(=S)S)cc1. The summed E-state index contributed by atoms with van der Waals surface area (Å²) in [6.45, 7) is 2.04. The Kier molecular flexibility index (Phi) is 3.37. The average Bonchev–Trinajstić information content (AvgIpc) is 2.03. The van der Waals surface area contributed by atoms with Gasteiger partial charge in [0.15, 0.2) is 0 Å². The zero-order chi connectivity index (χ0) is 8.97. The highest BCUT2D eigenvalue weighted by molar-refractivity contribution is 8.11. The third kappa shape index (κ3) is 3.11. The highest BCUT2D eigenvalue weighted by Gasteiger charge is 1.89. The molecule has 12 heavy (non-hydrogen) atoms. The fourth-order valence-corrected chi connectivity index (χ4v) is 0.869. The van der Waals surface area contributed by atoms with E-state index >= 15 is 0 Å². The van der Waals surface area contributed by atoms with Crippen LogP contribution in [0.25, 0.3) is 0 Å². The van der Waals surface area contributed by atoms with Crippen LogP contribution in [0.5, 0.6) is 0 Å². The molecule has 0 saturated carbocycles. The molecule has 0 radical (unpaired) electrons. The van der Waals surface area contributed by atoms with Crippen molar-refractivity contribution in [3.05, 3.63) is 29.8 Å². The van der Waals surface area contributed by atoms with Crippen LogP contribution in [0, 0.1) is 6.92 Å². The van der Waals surface area contributed by atoms with E-state index in [1.165, 1.54) is 5.56 Å². The van der Waals surface area contributed by atoms with Crippen LogP contribution in [-0.4, -0.2) is 4.32 Å². The summed E-state index contributed by atoms with van der Waals surface area (Å²) >= 11 is 8.62. The fraction of sp³-hybridized carbons (Fsp3) is 0.125. The molecule has 0 aliphatic rings. The number of hydrogen-bond acceptors (Lipinski definition) is 2.